The van der Waals surface area contributed by atoms with E-state index in [-0.39, 0.29) is 0 Å². The summed E-state index contributed by atoms with van der Waals surface area (Å²) >= 11 is 11.0. The predicted octanol–water partition coefficient (Wildman–Crippen LogP) is 6.10. The van der Waals surface area contributed by atoms with Crippen molar-refractivity contribution in [2.24, 2.45) is 0 Å². The molecule has 0 aromatic carbocycles. The van der Waals surface area contributed by atoms with Crippen molar-refractivity contribution >= 4 is 34.8 Å². The molecule has 16 heteroatoms. The first-order chi connectivity index (χ1) is 9.50. The smallest absolute Gasteiger partial charge is 0.201 e. The SMILES string of the molecule is FC(F)(Cl)C(F)(F)C(F)(F)C(F)(F)C(F)(F)C(F)(F)C(F)(Cl)Cl. The van der Waals surface area contributed by atoms with Crippen LogP contribution in [-0.4, -0.2) is 39.6 Å². The van der Waals surface area contributed by atoms with E-state index in [1.807, 2.05) is 0 Å². The van der Waals surface area contributed by atoms with Crippen LogP contribution in [0, 0.1) is 0 Å². The monoisotopic (exact) mass is 436 g/mol. The van der Waals surface area contributed by atoms with E-state index in [4.69, 9.17) is 0 Å². The van der Waals surface area contributed by atoms with Crippen LogP contribution in [0.1, 0.15) is 0 Å². The summed E-state index contributed by atoms with van der Waals surface area (Å²) in [6.45, 7) is 0. The van der Waals surface area contributed by atoms with Crippen LogP contribution in [-0.2, 0) is 0 Å². The first-order valence-corrected chi connectivity index (χ1v) is 5.66. The van der Waals surface area contributed by atoms with Crippen LogP contribution in [0.25, 0.3) is 0 Å². The second kappa shape index (κ2) is 5.48. The first-order valence-electron chi connectivity index (χ1n) is 4.52. The van der Waals surface area contributed by atoms with Gasteiger partial charge in [-0.25, -0.2) is 4.39 Å². The fraction of sp³-hybridized carbons (Fsp3) is 1.00. The number of hydrogen-bond donors (Lipinski definition) is 0. The second-order valence-corrected chi connectivity index (χ2v) is 5.58. The van der Waals surface area contributed by atoms with Crippen molar-refractivity contribution in [2.75, 3.05) is 0 Å². The largest absolute Gasteiger partial charge is 0.393 e. The van der Waals surface area contributed by atoms with Crippen LogP contribution in [0.5, 0.6) is 0 Å². The van der Waals surface area contributed by atoms with Gasteiger partial charge in [-0.1, -0.05) is 23.2 Å². The molecule has 0 bridgehead atoms. The summed E-state index contributed by atoms with van der Waals surface area (Å²) in [5, 5.41) is -6.57. The molecule has 0 aliphatic heterocycles. The molecule has 0 aliphatic rings. The summed E-state index contributed by atoms with van der Waals surface area (Å²) in [7, 11) is 0. The molecule has 0 atom stereocenters. The summed E-state index contributed by atoms with van der Waals surface area (Å²) in [6, 6.07) is 0. The van der Waals surface area contributed by atoms with Crippen LogP contribution in [0.4, 0.5) is 57.1 Å². The predicted molar refractivity (Wildman–Crippen MR) is 51.1 cm³/mol. The van der Waals surface area contributed by atoms with Crippen molar-refractivity contribution in [3.05, 3.63) is 0 Å². The standard InChI is InChI=1S/C7Cl3F13/c8-6(9,21)4(17,18)2(13,14)1(11,12)3(15,16)5(19,20)7(10,22)23. The molecule has 0 rings (SSSR count). The third kappa shape index (κ3) is 3.00. The number of hydrogen-bond acceptors (Lipinski definition) is 0. The zero-order chi connectivity index (χ0) is 19.5. The first kappa shape index (κ1) is 23.0. The molecule has 23 heavy (non-hydrogen) atoms. The molecular formula is C7Cl3F13. The normalized spacial score (nSPS) is 16.7. The summed E-state index contributed by atoms with van der Waals surface area (Å²) in [5.74, 6) is -38.1. The minimum absolute atomic E-state index is 3.41. The van der Waals surface area contributed by atoms with Crippen molar-refractivity contribution < 1.29 is 57.1 Å². The molecule has 0 heterocycles. The number of halogens is 16. The maximum absolute atomic E-state index is 12.9. The molecule has 0 saturated carbocycles. The Morgan fingerprint density at radius 3 is 0.783 bits per heavy atom. The van der Waals surface area contributed by atoms with Crippen LogP contribution >= 0.6 is 34.8 Å². The molecule has 0 radical (unpaired) electrons. The molecule has 140 valence electrons. The third-order valence-corrected chi connectivity index (χ3v) is 3.00. The van der Waals surface area contributed by atoms with Gasteiger partial charge in [0.05, 0.1) is 0 Å². The van der Waals surface area contributed by atoms with Crippen LogP contribution in [0.3, 0.4) is 0 Å². The van der Waals surface area contributed by atoms with E-state index in [9.17, 15) is 57.1 Å². The molecule has 0 spiro atoms. The Kier molecular flexibility index (Phi) is 5.47. The summed E-state index contributed by atoms with van der Waals surface area (Å²) < 4.78 is 159. The fourth-order valence-electron chi connectivity index (χ4n) is 0.948. The van der Waals surface area contributed by atoms with Crippen molar-refractivity contribution in [2.45, 2.75) is 39.6 Å². The number of rotatable bonds is 6. The highest BCUT2D eigenvalue weighted by Crippen LogP contribution is 2.63. The molecule has 0 aliphatic carbocycles. The van der Waals surface area contributed by atoms with Gasteiger partial charge in [-0.05, 0) is 11.6 Å². The highest BCUT2D eigenvalue weighted by Gasteiger charge is 2.92. The molecular weight excluding hydrogens is 437 g/mol. The lowest BCUT2D eigenvalue weighted by atomic mass is 9.94. The zero-order valence-corrected chi connectivity index (χ0v) is 11.8. The number of alkyl halides is 16. The lowest BCUT2D eigenvalue weighted by Gasteiger charge is -2.41. The Bertz CT molecular complexity index is 405. The zero-order valence-electron chi connectivity index (χ0n) is 9.55. The van der Waals surface area contributed by atoms with Gasteiger partial charge < -0.3 is 0 Å². The van der Waals surface area contributed by atoms with E-state index >= 15 is 0 Å². The van der Waals surface area contributed by atoms with Crippen LogP contribution < -0.4 is 0 Å². The summed E-state index contributed by atoms with van der Waals surface area (Å²) in [5.41, 5.74) is 0. The van der Waals surface area contributed by atoms with Gasteiger partial charge in [0.25, 0.3) is 0 Å². The lowest BCUT2D eigenvalue weighted by Crippen LogP contribution is -2.71. The van der Waals surface area contributed by atoms with E-state index in [0.717, 1.165) is 0 Å². The van der Waals surface area contributed by atoms with Crippen molar-refractivity contribution in [1.29, 1.82) is 0 Å². The van der Waals surface area contributed by atoms with E-state index in [1.54, 1.807) is 0 Å². The van der Waals surface area contributed by atoms with Crippen LogP contribution in [0.2, 0.25) is 0 Å². The van der Waals surface area contributed by atoms with Gasteiger partial charge in [-0.3, -0.25) is 0 Å². The van der Waals surface area contributed by atoms with Gasteiger partial charge >= 0.3 is 39.6 Å². The average Bonchev–Trinajstić information content (AvgIpc) is 2.24. The molecule has 0 N–H and O–H groups in total. The van der Waals surface area contributed by atoms with E-state index in [2.05, 4.69) is 34.8 Å². The fourth-order valence-corrected chi connectivity index (χ4v) is 1.30. The second-order valence-electron chi connectivity index (χ2n) is 3.87. The molecule has 0 aromatic heterocycles. The molecule has 0 nitrogen and oxygen atoms in total. The van der Waals surface area contributed by atoms with Gasteiger partial charge in [-0.15, -0.1) is 0 Å². The lowest BCUT2D eigenvalue weighted by molar-refractivity contribution is -0.420. The Labute approximate surface area is 132 Å². The average molecular weight is 437 g/mol. The van der Waals surface area contributed by atoms with Gasteiger partial charge in [0.15, 0.2) is 0 Å². The summed E-state index contributed by atoms with van der Waals surface area (Å²) in [6.07, 6.45) is 0. The Balaban J connectivity index is 6.37. The third-order valence-electron chi connectivity index (χ3n) is 2.29. The minimum Gasteiger partial charge on any atom is -0.201 e. The Morgan fingerprint density at radius 2 is 0.565 bits per heavy atom. The highest BCUT2D eigenvalue weighted by atomic mass is 35.5. The van der Waals surface area contributed by atoms with Gasteiger partial charge in [0, 0.05) is 0 Å². The van der Waals surface area contributed by atoms with Crippen molar-refractivity contribution in [3.63, 3.8) is 0 Å². The van der Waals surface area contributed by atoms with Crippen LogP contribution in [0.15, 0.2) is 0 Å². The minimum atomic E-state index is -7.97. The van der Waals surface area contributed by atoms with Gasteiger partial charge in [-0.2, -0.15) is 52.7 Å². The van der Waals surface area contributed by atoms with E-state index in [1.165, 1.54) is 0 Å². The highest BCUT2D eigenvalue weighted by molar-refractivity contribution is 6.47. The van der Waals surface area contributed by atoms with Crippen molar-refractivity contribution in [1.82, 2.24) is 0 Å². The molecule has 0 aromatic rings. The molecule has 0 fully saturated rings. The van der Waals surface area contributed by atoms with E-state index < -0.39 is 39.6 Å². The topological polar surface area (TPSA) is 0 Å². The van der Waals surface area contributed by atoms with Gasteiger partial charge in [0.2, 0.25) is 0 Å². The van der Waals surface area contributed by atoms with E-state index in [0.29, 0.717) is 0 Å². The molecule has 0 amide bonds. The van der Waals surface area contributed by atoms with Gasteiger partial charge in [0.1, 0.15) is 0 Å². The Morgan fingerprint density at radius 1 is 0.348 bits per heavy atom. The molecule has 0 unspecified atom stereocenters. The quantitative estimate of drug-likeness (QED) is 0.348. The molecule has 0 saturated heterocycles. The Hall–Kier alpha value is -0.0400. The summed E-state index contributed by atoms with van der Waals surface area (Å²) in [4.78, 5) is 0. The maximum atomic E-state index is 12.9. The maximum Gasteiger partial charge on any atom is 0.393 e. The van der Waals surface area contributed by atoms with Crippen molar-refractivity contribution in [3.8, 4) is 0 Å².